The van der Waals surface area contributed by atoms with Gasteiger partial charge in [0.15, 0.2) is 5.82 Å². The summed E-state index contributed by atoms with van der Waals surface area (Å²) < 4.78 is 15.7. The zero-order valence-electron chi connectivity index (χ0n) is 16.1. The molecule has 2 amide bonds. The van der Waals surface area contributed by atoms with Gasteiger partial charge in [0.1, 0.15) is 0 Å². The molecule has 0 saturated carbocycles. The normalized spacial score (nSPS) is 17.0. The van der Waals surface area contributed by atoms with Crippen molar-refractivity contribution in [2.75, 3.05) is 60.7 Å². The monoisotopic (exact) mass is 387 g/mol. The van der Waals surface area contributed by atoms with Gasteiger partial charge in [-0.2, -0.15) is 4.98 Å². The van der Waals surface area contributed by atoms with E-state index in [9.17, 15) is 4.79 Å². The Hall–Kier alpha value is -2.24. The van der Waals surface area contributed by atoms with Gasteiger partial charge in [-0.15, -0.1) is 0 Å². The number of nitrogens with zero attached hydrogens (tertiary/aromatic N) is 4. The van der Waals surface area contributed by atoms with Gasteiger partial charge in [-0.3, -0.25) is 4.79 Å². The Balaban J connectivity index is 0.00000114. The van der Waals surface area contributed by atoms with Gasteiger partial charge in [0.2, 0.25) is 5.89 Å². The van der Waals surface area contributed by atoms with Crippen molar-refractivity contribution in [1.29, 1.82) is 0 Å². The molecule has 1 unspecified atom stereocenters. The van der Waals surface area contributed by atoms with Crippen LogP contribution in [0.3, 0.4) is 0 Å². The van der Waals surface area contributed by atoms with Gasteiger partial charge in [0, 0.05) is 39.1 Å². The van der Waals surface area contributed by atoms with Crippen LogP contribution in [-0.2, 0) is 27.2 Å². The first-order chi connectivity index (χ1) is 13.0. The molecule has 1 fully saturated rings. The maximum absolute atomic E-state index is 12.4. The van der Waals surface area contributed by atoms with Gasteiger partial charge in [-0.05, 0) is 14.1 Å². The standard InChI is InChI=1S/C15H27N5O4.CH2O2/c1-19(2)9-12-10-20(5-7-23-11-12)15(21)16-8-14-17-13(18-24-14)4-6-22-3;2-1-3/h12H,4-11H2,1-3H3,(H,16,21);1H,(H,2,3). The molecule has 1 saturated heterocycles. The summed E-state index contributed by atoms with van der Waals surface area (Å²) in [5, 5.41) is 13.6. The lowest BCUT2D eigenvalue weighted by Crippen LogP contribution is -2.44. The SMILES string of the molecule is COCCc1noc(CNC(=O)N2CCOCC(CN(C)C)C2)n1.O=CO. The minimum absolute atomic E-state index is 0.138. The van der Waals surface area contributed by atoms with Gasteiger partial charge in [0.05, 0.1) is 26.4 Å². The molecule has 0 aliphatic carbocycles. The molecule has 0 radical (unpaired) electrons. The van der Waals surface area contributed by atoms with Gasteiger partial charge in [0.25, 0.3) is 6.47 Å². The first kappa shape index (κ1) is 22.8. The minimum Gasteiger partial charge on any atom is -0.483 e. The number of carbonyl (C=O) groups excluding carboxylic acids is 1. The number of aromatic nitrogens is 2. The summed E-state index contributed by atoms with van der Waals surface area (Å²) in [5.74, 6) is 1.28. The number of methoxy groups -OCH3 is 1. The molecule has 27 heavy (non-hydrogen) atoms. The Bertz CT molecular complexity index is 553. The fraction of sp³-hybridized carbons (Fsp3) is 0.750. The summed E-state index contributed by atoms with van der Waals surface area (Å²) in [6.07, 6.45) is 0.587. The third-order valence-electron chi connectivity index (χ3n) is 3.68. The van der Waals surface area contributed by atoms with E-state index >= 15 is 0 Å². The average molecular weight is 387 g/mol. The molecule has 0 bridgehead atoms. The van der Waals surface area contributed by atoms with E-state index in [1.807, 2.05) is 14.1 Å². The van der Waals surface area contributed by atoms with Crippen LogP contribution in [0, 0.1) is 5.92 Å². The van der Waals surface area contributed by atoms with Crippen LogP contribution in [0.25, 0.3) is 0 Å². The molecular weight excluding hydrogens is 358 g/mol. The largest absolute Gasteiger partial charge is 0.483 e. The summed E-state index contributed by atoms with van der Waals surface area (Å²) in [6.45, 7) is 3.87. The molecule has 154 valence electrons. The van der Waals surface area contributed by atoms with Crippen molar-refractivity contribution >= 4 is 12.5 Å². The molecule has 2 heterocycles. The van der Waals surface area contributed by atoms with E-state index in [0.717, 1.165) is 6.54 Å². The first-order valence-electron chi connectivity index (χ1n) is 8.63. The van der Waals surface area contributed by atoms with Gasteiger partial charge >= 0.3 is 6.03 Å². The molecule has 0 aromatic carbocycles. The van der Waals surface area contributed by atoms with Crippen molar-refractivity contribution in [2.45, 2.75) is 13.0 Å². The lowest BCUT2D eigenvalue weighted by atomic mass is 10.1. The van der Waals surface area contributed by atoms with E-state index < -0.39 is 0 Å². The van der Waals surface area contributed by atoms with Crippen LogP contribution in [-0.4, -0.2) is 98.2 Å². The average Bonchev–Trinajstić information content (AvgIpc) is 2.95. The molecule has 1 atom stereocenters. The zero-order valence-corrected chi connectivity index (χ0v) is 16.1. The highest BCUT2D eigenvalue weighted by Gasteiger charge is 2.23. The maximum Gasteiger partial charge on any atom is 0.317 e. The molecule has 2 N–H and O–H groups in total. The second-order valence-electron chi connectivity index (χ2n) is 6.26. The van der Waals surface area contributed by atoms with Crippen LogP contribution in [0.1, 0.15) is 11.7 Å². The van der Waals surface area contributed by atoms with E-state index in [1.54, 1.807) is 12.0 Å². The van der Waals surface area contributed by atoms with Crippen molar-refractivity contribution in [2.24, 2.45) is 5.92 Å². The van der Waals surface area contributed by atoms with Crippen LogP contribution in [0.4, 0.5) is 4.79 Å². The number of carbonyl (C=O) groups is 2. The topological polar surface area (TPSA) is 130 Å². The third-order valence-corrected chi connectivity index (χ3v) is 3.68. The molecule has 1 aromatic heterocycles. The molecular formula is C16H29N5O6. The number of amides is 2. The summed E-state index contributed by atoms with van der Waals surface area (Å²) in [7, 11) is 5.66. The van der Waals surface area contributed by atoms with E-state index in [1.165, 1.54) is 0 Å². The number of nitrogens with one attached hydrogen (secondary N) is 1. The summed E-state index contributed by atoms with van der Waals surface area (Å²) in [6, 6.07) is -0.138. The Morgan fingerprint density at radius 3 is 2.93 bits per heavy atom. The Morgan fingerprint density at radius 1 is 1.52 bits per heavy atom. The van der Waals surface area contributed by atoms with Crippen LogP contribution in [0.5, 0.6) is 0 Å². The predicted molar refractivity (Wildman–Crippen MR) is 95.2 cm³/mol. The fourth-order valence-corrected chi connectivity index (χ4v) is 2.61. The Kier molecular flexibility index (Phi) is 11.0. The zero-order chi connectivity index (χ0) is 20.1. The second kappa shape index (κ2) is 13.0. The minimum atomic E-state index is -0.250. The van der Waals surface area contributed by atoms with Crippen molar-refractivity contribution in [3.05, 3.63) is 11.7 Å². The number of urea groups is 1. The lowest BCUT2D eigenvalue weighted by Gasteiger charge is -2.25. The molecule has 1 aliphatic rings. The highest BCUT2D eigenvalue weighted by atomic mass is 16.5. The fourth-order valence-electron chi connectivity index (χ4n) is 2.61. The highest BCUT2D eigenvalue weighted by molar-refractivity contribution is 5.74. The number of rotatable bonds is 7. The van der Waals surface area contributed by atoms with Gasteiger partial charge < -0.3 is 34.2 Å². The summed E-state index contributed by atoms with van der Waals surface area (Å²) >= 11 is 0. The van der Waals surface area contributed by atoms with Crippen molar-refractivity contribution in [3.8, 4) is 0 Å². The van der Waals surface area contributed by atoms with Crippen LogP contribution in [0.15, 0.2) is 4.52 Å². The molecule has 2 rings (SSSR count). The molecule has 11 nitrogen and oxygen atoms in total. The predicted octanol–water partition coefficient (Wildman–Crippen LogP) is -0.321. The van der Waals surface area contributed by atoms with Gasteiger partial charge in [-0.1, -0.05) is 5.16 Å². The highest BCUT2D eigenvalue weighted by Crippen LogP contribution is 2.08. The van der Waals surface area contributed by atoms with E-state index in [2.05, 4.69) is 20.4 Å². The van der Waals surface area contributed by atoms with Crippen molar-refractivity contribution < 1.29 is 28.7 Å². The maximum atomic E-state index is 12.4. The summed E-state index contributed by atoms with van der Waals surface area (Å²) in [5.41, 5.74) is 0. The quantitative estimate of drug-likeness (QED) is 0.604. The Morgan fingerprint density at radius 2 is 2.26 bits per heavy atom. The van der Waals surface area contributed by atoms with E-state index in [-0.39, 0.29) is 19.0 Å². The van der Waals surface area contributed by atoms with Crippen molar-refractivity contribution in [3.63, 3.8) is 0 Å². The molecule has 0 spiro atoms. The Labute approximate surface area is 158 Å². The second-order valence-corrected chi connectivity index (χ2v) is 6.26. The number of carboxylic acid groups (broad SMARTS) is 1. The molecule has 1 aromatic rings. The number of ether oxygens (including phenoxy) is 2. The number of hydrogen-bond acceptors (Lipinski definition) is 8. The number of hydrogen-bond donors (Lipinski definition) is 2. The lowest BCUT2D eigenvalue weighted by molar-refractivity contribution is -0.122. The van der Waals surface area contributed by atoms with E-state index in [0.29, 0.717) is 57.0 Å². The molecule has 1 aliphatic heterocycles. The third kappa shape index (κ3) is 9.31. The first-order valence-corrected chi connectivity index (χ1v) is 8.63. The smallest absolute Gasteiger partial charge is 0.317 e. The van der Waals surface area contributed by atoms with Gasteiger partial charge in [-0.25, -0.2) is 4.79 Å². The van der Waals surface area contributed by atoms with Crippen molar-refractivity contribution in [1.82, 2.24) is 25.3 Å². The molecule has 11 heteroatoms. The van der Waals surface area contributed by atoms with Crippen LogP contribution in [0.2, 0.25) is 0 Å². The van der Waals surface area contributed by atoms with Crippen LogP contribution < -0.4 is 5.32 Å². The summed E-state index contributed by atoms with van der Waals surface area (Å²) in [4.78, 5) is 28.8. The van der Waals surface area contributed by atoms with Crippen LogP contribution >= 0.6 is 0 Å². The van der Waals surface area contributed by atoms with E-state index in [4.69, 9.17) is 23.9 Å².